The van der Waals surface area contributed by atoms with Crippen LogP contribution in [0.4, 0.5) is 5.95 Å². The van der Waals surface area contributed by atoms with Gasteiger partial charge in [0.05, 0.1) is 17.8 Å². The van der Waals surface area contributed by atoms with E-state index in [1.54, 1.807) is 13.3 Å². The molecular formula is C11H19BrN4O. The van der Waals surface area contributed by atoms with E-state index in [2.05, 4.69) is 45.1 Å². The Bertz CT molecular complexity index is 374. The minimum Gasteiger partial charge on any atom is -0.480 e. The SMILES string of the molecule is CCC(C)(CCN)Nc1ncc(Br)c(OC)n1. The molecule has 6 heteroatoms. The van der Waals surface area contributed by atoms with Gasteiger partial charge in [-0.3, -0.25) is 0 Å². The third kappa shape index (κ3) is 3.81. The summed E-state index contributed by atoms with van der Waals surface area (Å²) in [5.74, 6) is 1.08. The molecule has 1 aromatic rings. The maximum atomic E-state index is 5.61. The van der Waals surface area contributed by atoms with Crippen molar-refractivity contribution in [1.29, 1.82) is 0 Å². The van der Waals surface area contributed by atoms with Crippen molar-refractivity contribution >= 4 is 21.9 Å². The molecule has 0 aliphatic heterocycles. The summed E-state index contributed by atoms with van der Waals surface area (Å²) in [6, 6.07) is 0. The van der Waals surface area contributed by atoms with Crippen molar-refractivity contribution in [1.82, 2.24) is 9.97 Å². The van der Waals surface area contributed by atoms with Gasteiger partial charge in [0.2, 0.25) is 11.8 Å². The van der Waals surface area contributed by atoms with E-state index in [-0.39, 0.29) is 5.54 Å². The van der Waals surface area contributed by atoms with E-state index in [9.17, 15) is 0 Å². The van der Waals surface area contributed by atoms with Gasteiger partial charge in [0, 0.05) is 5.54 Å². The molecule has 0 saturated carbocycles. The minimum atomic E-state index is -0.0897. The van der Waals surface area contributed by atoms with Gasteiger partial charge in [-0.05, 0) is 42.2 Å². The molecule has 0 aliphatic rings. The number of anilines is 1. The van der Waals surface area contributed by atoms with Crippen LogP contribution in [0, 0.1) is 0 Å². The van der Waals surface area contributed by atoms with Crippen LogP contribution in [0.15, 0.2) is 10.7 Å². The molecule has 5 nitrogen and oxygen atoms in total. The number of hydrogen-bond acceptors (Lipinski definition) is 5. The van der Waals surface area contributed by atoms with Gasteiger partial charge in [-0.1, -0.05) is 6.92 Å². The second-order valence-corrected chi connectivity index (χ2v) is 4.98. The second kappa shape index (κ2) is 6.16. The van der Waals surface area contributed by atoms with Gasteiger partial charge in [0.1, 0.15) is 0 Å². The average molecular weight is 303 g/mol. The van der Waals surface area contributed by atoms with Crippen LogP contribution in [0.3, 0.4) is 0 Å². The zero-order valence-electron chi connectivity index (χ0n) is 10.5. The Kier molecular flexibility index (Phi) is 5.14. The lowest BCUT2D eigenvalue weighted by molar-refractivity contribution is 0.392. The van der Waals surface area contributed by atoms with E-state index >= 15 is 0 Å². The topological polar surface area (TPSA) is 73.1 Å². The Balaban J connectivity index is 2.86. The smallest absolute Gasteiger partial charge is 0.232 e. The molecule has 17 heavy (non-hydrogen) atoms. The summed E-state index contributed by atoms with van der Waals surface area (Å²) in [6.07, 6.45) is 3.49. The molecule has 0 amide bonds. The molecule has 0 aliphatic carbocycles. The van der Waals surface area contributed by atoms with Gasteiger partial charge in [0.15, 0.2) is 0 Å². The number of aromatic nitrogens is 2. The number of nitrogens with one attached hydrogen (secondary N) is 1. The van der Waals surface area contributed by atoms with Crippen molar-refractivity contribution in [3.05, 3.63) is 10.7 Å². The fourth-order valence-corrected chi connectivity index (χ4v) is 1.82. The van der Waals surface area contributed by atoms with Crippen molar-refractivity contribution in [2.75, 3.05) is 19.0 Å². The molecule has 0 saturated heterocycles. The first kappa shape index (κ1) is 14.2. The zero-order valence-corrected chi connectivity index (χ0v) is 12.0. The first-order chi connectivity index (χ1) is 8.04. The van der Waals surface area contributed by atoms with E-state index in [1.807, 2.05) is 0 Å². The lowest BCUT2D eigenvalue weighted by Crippen LogP contribution is -2.37. The molecule has 0 spiro atoms. The van der Waals surface area contributed by atoms with Crippen LogP contribution in [0.5, 0.6) is 5.88 Å². The summed E-state index contributed by atoms with van der Waals surface area (Å²) >= 11 is 3.32. The van der Waals surface area contributed by atoms with Gasteiger partial charge in [0.25, 0.3) is 0 Å². The summed E-state index contributed by atoms with van der Waals surface area (Å²) in [4.78, 5) is 8.49. The Labute approximate surface area is 110 Å². The number of nitrogens with two attached hydrogens (primary N) is 1. The molecule has 1 aromatic heterocycles. The Hall–Kier alpha value is -0.880. The van der Waals surface area contributed by atoms with Gasteiger partial charge >= 0.3 is 0 Å². The minimum absolute atomic E-state index is 0.0897. The van der Waals surface area contributed by atoms with Gasteiger partial charge in [-0.15, -0.1) is 0 Å². The molecule has 1 atom stereocenters. The zero-order chi connectivity index (χ0) is 12.9. The summed E-state index contributed by atoms with van der Waals surface area (Å²) in [5.41, 5.74) is 5.52. The van der Waals surface area contributed by atoms with E-state index < -0.39 is 0 Å². The Morgan fingerprint density at radius 3 is 2.82 bits per heavy atom. The van der Waals surface area contributed by atoms with Crippen LogP contribution in [0.2, 0.25) is 0 Å². The van der Waals surface area contributed by atoms with E-state index in [0.717, 1.165) is 17.3 Å². The highest BCUT2D eigenvalue weighted by Gasteiger charge is 2.22. The number of ether oxygens (including phenoxy) is 1. The summed E-state index contributed by atoms with van der Waals surface area (Å²) in [7, 11) is 1.58. The fraction of sp³-hybridized carbons (Fsp3) is 0.636. The summed E-state index contributed by atoms with van der Waals surface area (Å²) in [6.45, 7) is 4.85. The average Bonchev–Trinajstić information content (AvgIpc) is 2.32. The highest BCUT2D eigenvalue weighted by Crippen LogP contribution is 2.24. The maximum absolute atomic E-state index is 5.61. The van der Waals surface area contributed by atoms with Crippen LogP contribution < -0.4 is 15.8 Å². The number of rotatable bonds is 6. The first-order valence-corrected chi connectivity index (χ1v) is 6.38. The van der Waals surface area contributed by atoms with Crippen LogP contribution in [-0.4, -0.2) is 29.2 Å². The number of hydrogen-bond donors (Lipinski definition) is 2. The predicted octanol–water partition coefficient (Wildman–Crippen LogP) is 2.18. The Morgan fingerprint density at radius 1 is 1.59 bits per heavy atom. The van der Waals surface area contributed by atoms with Gasteiger partial charge in [-0.25, -0.2) is 4.98 Å². The molecule has 96 valence electrons. The molecule has 1 rings (SSSR count). The van der Waals surface area contributed by atoms with Crippen molar-refractivity contribution in [3.8, 4) is 5.88 Å². The van der Waals surface area contributed by atoms with Crippen LogP contribution in [0.25, 0.3) is 0 Å². The predicted molar refractivity (Wildman–Crippen MR) is 72.3 cm³/mol. The Morgan fingerprint density at radius 2 is 2.29 bits per heavy atom. The van der Waals surface area contributed by atoms with Crippen molar-refractivity contribution < 1.29 is 4.74 Å². The van der Waals surface area contributed by atoms with Crippen molar-refractivity contribution in [2.45, 2.75) is 32.2 Å². The van der Waals surface area contributed by atoms with E-state index in [0.29, 0.717) is 18.4 Å². The van der Waals surface area contributed by atoms with Gasteiger partial charge in [-0.2, -0.15) is 4.98 Å². The highest BCUT2D eigenvalue weighted by molar-refractivity contribution is 9.10. The largest absolute Gasteiger partial charge is 0.480 e. The third-order valence-corrected chi connectivity index (χ3v) is 3.34. The fourth-order valence-electron chi connectivity index (χ4n) is 1.47. The van der Waals surface area contributed by atoms with E-state index in [1.165, 1.54) is 0 Å². The first-order valence-electron chi connectivity index (χ1n) is 5.59. The highest BCUT2D eigenvalue weighted by atomic mass is 79.9. The summed E-state index contributed by atoms with van der Waals surface area (Å²) in [5, 5.41) is 3.30. The van der Waals surface area contributed by atoms with Crippen LogP contribution >= 0.6 is 15.9 Å². The van der Waals surface area contributed by atoms with Crippen molar-refractivity contribution in [3.63, 3.8) is 0 Å². The number of halogens is 1. The normalized spacial score (nSPS) is 14.2. The molecule has 1 unspecified atom stereocenters. The van der Waals surface area contributed by atoms with Crippen molar-refractivity contribution in [2.24, 2.45) is 5.73 Å². The van der Waals surface area contributed by atoms with E-state index in [4.69, 9.17) is 10.5 Å². The molecule has 0 radical (unpaired) electrons. The molecule has 3 N–H and O–H groups in total. The maximum Gasteiger partial charge on any atom is 0.232 e. The quantitative estimate of drug-likeness (QED) is 0.842. The molecule has 1 heterocycles. The lowest BCUT2D eigenvalue weighted by atomic mass is 9.95. The van der Waals surface area contributed by atoms with Gasteiger partial charge < -0.3 is 15.8 Å². The monoisotopic (exact) mass is 302 g/mol. The molecule has 0 bridgehead atoms. The molecule has 0 fully saturated rings. The summed E-state index contributed by atoms with van der Waals surface area (Å²) < 4.78 is 5.87. The number of methoxy groups -OCH3 is 1. The van der Waals surface area contributed by atoms with Crippen LogP contribution in [0.1, 0.15) is 26.7 Å². The standard InChI is InChI=1S/C11H19BrN4O/c1-4-11(2,5-6-13)16-10-14-7-8(12)9(15-10)17-3/h7H,4-6,13H2,1-3H3,(H,14,15,16). The van der Waals surface area contributed by atoms with Crippen LogP contribution in [-0.2, 0) is 0 Å². The lowest BCUT2D eigenvalue weighted by Gasteiger charge is -2.29. The second-order valence-electron chi connectivity index (χ2n) is 4.13. The number of nitrogens with zero attached hydrogens (tertiary/aromatic N) is 2. The molecule has 0 aromatic carbocycles. The molecular weight excluding hydrogens is 284 g/mol. The third-order valence-electron chi connectivity index (χ3n) is 2.80.